The van der Waals surface area contributed by atoms with Crippen molar-refractivity contribution in [2.75, 3.05) is 0 Å². The van der Waals surface area contributed by atoms with E-state index in [2.05, 4.69) is 46.5 Å². The molecule has 0 aromatic carbocycles. The monoisotopic (exact) mass is 222 g/mol. The number of hydrogen-bond donors (Lipinski definition) is 1. The van der Waals surface area contributed by atoms with Crippen LogP contribution in [0.15, 0.2) is 29.0 Å². The Labute approximate surface area is 100 Å². The number of aliphatic imine (C=N–C) groups is 1. The molecule has 0 aliphatic heterocycles. The van der Waals surface area contributed by atoms with Gasteiger partial charge in [-0.25, -0.2) is 0 Å². The van der Waals surface area contributed by atoms with Crippen LogP contribution in [0.3, 0.4) is 0 Å². The first-order valence-corrected chi connectivity index (χ1v) is 5.76. The molecule has 0 aliphatic rings. The van der Waals surface area contributed by atoms with Gasteiger partial charge in [-0.1, -0.05) is 47.6 Å². The van der Waals surface area contributed by atoms with Crippen LogP contribution >= 0.6 is 0 Å². The Balaban J connectivity index is 5.13. The second-order valence-electron chi connectivity index (χ2n) is 6.10. The number of allylic oxidation sites excluding steroid dienone is 3. The Bertz CT molecular complexity index is 307. The molecule has 0 aromatic heterocycles. The molecule has 0 bridgehead atoms. The van der Waals surface area contributed by atoms with Crippen LogP contribution < -0.4 is 5.73 Å². The first kappa shape index (κ1) is 14.9. The minimum Gasteiger partial charge on any atom is -0.400 e. The van der Waals surface area contributed by atoms with Crippen molar-refractivity contribution in [2.24, 2.45) is 21.6 Å². The van der Waals surface area contributed by atoms with Gasteiger partial charge in [0.2, 0.25) is 0 Å². The second kappa shape index (κ2) is 5.33. The summed E-state index contributed by atoms with van der Waals surface area (Å²) in [6, 6.07) is 0. The Hall–Kier alpha value is -1.05. The van der Waals surface area contributed by atoms with Crippen LogP contribution in [-0.4, -0.2) is 5.71 Å². The highest BCUT2D eigenvalue weighted by Gasteiger charge is 2.17. The molecule has 0 spiro atoms. The molecule has 0 radical (unpaired) electrons. The number of hydrogen-bond acceptors (Lipinski definition) is 2. The molecule has 0 fully saturated rings. The van der Waals surface area contributed by atoms with Crippen molar-refractivity contribution < 1.29 is 0 Å². The Morgan fingerprint density at radius 1 is 1.00 bits per heavy atom. The fourth-order valence-electron chi connectivity index (χ4n) is 0.977. The van der Waals surface area contributed by atoms with Crippen LogP contribution in [0.2, 0.25) is 0 Å². The van der Waals surface area contributed by atoms with Crippen molar-refractivity contribution in [1.29, 1.82) is 0 Å². The maximum absolute atomic E-state index is 5.97. The normalized spacial score (nSPS) is 15.9. The number of rotatable bonds is 2. The summed E-state index contributed by atoms with van der Waals surface area (Å²) in [6.45, 7) is 14.7. The molecule has 2 heteroatoms. The highest BCUT2D eigenvalue weighted by Crippen LogP contribution is 2.22. The molecule has 2 N–H and O–H groups in total. The van der Waals surface area contributed by atoms with Crippen LogP contribution in [0.4, 0.5) is 0 Å². The maximum Gasteiger partial charge on any atom is 0.0464 e. The van der Waals surface area contributed by atoms with E-state index in [4.69, 9.17) is 5.73 Å². The molecule has 0 saturated carbocycles. The lowest BCUT2D eigenvalue weighted by Gasteiger charge is -2.20. The third kappa shape index (κ3) is 5.15. The number of nitrogens with two attached hydrogens (primary N) is 1. The molecular weight excluding hydrogens is 196 g/mol. The summed E-state index contributed by atoms with van der Waals surface area (Å²) in [5.41, 5.74) is 7.83. The van der Waals surface area contributed by atoms with E-state index in [1.807, 2.05) is 19.1 Å². The predicted octanol–water partition coefficient (Wildman–Crippen LogP) is 3.90. The fraction of sp³-hybridized carbons (Fsp3) is 0.643. The summed E-state index contributed by atoms with van der Waals surface area (Å²) >= 11 is 0. The first-order chi connectivity index (χ1) is 7.09. The molecule has 0 amide bonds. The summed E-state index contributed by atoms with van der Waals surface area (Å²) in [5, 5.41) is 0. The summed E-state index contributed by atoms with van der Waals surface area (Å²) in [5.74, 6) is 0. The van der Waals surface area contributed by atoms with Gasteiger partial charge in [0.05, 0.1) is 0 Å². The lowest BCUT2D eigenvalue weighted by molar-refractivity contribution is 0.496. The van der Waals surface area contributed by atoms with Crippen molar-refractivity contribution in [3.8, 4) is 0 Å². The van der Waals surface area contributed by atoms with E-state index in [1.165, 1.54) is 0 Å². The first-order valence-electron chi connectivity index (χ1n) is 5.76. The third-order valence-electron chi connectivity index (χ3n) is 2.30. The summed E-state index contributed by atoms with van der Waals surface area (Å²) in [7, 11) is 0. The molecule has 2 nitrogen and oxygen atoms in total. The average molecular weight is 222 g/mol. The highest BCUT2D eigenvalue weighted by atomic mass is 14.8. The van der Waals surface area contributed by atoms with Crippen molar-refractivity contribution >= 4 is 5.71 Å². The lowest BCUT2D eigenvalue weighted by Crippen LogP contribution is -2.19. The van der Waals surface area contributed by atoms with E-state index < -0.39 is 0 Å². The van der Waals surface area contributed by atoms with E-state index in [9.17, 15) is 0 Å². The van der Waals surface area contributed by atoms with E-state index in [-0.39, 0.29) is 10.8 Å². The van der Waals surface area contributed by atoms with Gasteiger partial charge in [-0.2, -0.15) is 0 Å². The van der Waals surface area contributed by atoms with Gasteiger partial charge in [0, 0.05) is 28.4 Å². The third-order valence-corrected chi connectivity index (χ3v) is 2.30. The average Bonchev–Trinajstić information content (AvgIpc) is 2.07. The van der Waals surface area contributed by atoms with Crippen LogP contribution in [0.1, 0.15) is 48.5 Å². The minimum atomic E-state index is -0.0254. The Morgan fingerprint density at radius 3 is 1.81 bits per heavy atom. The second-order valence-corrected chi connectivity index (χ2v) is 6.10. The predicted molar refractivity (Wildman–Crippen MR) is 73.4 cm³/mol. The van der Waals surface area contributed by atoms with E-state index in [0.717, 1.165) is 11.4 Å². The molecule has 0 aliphatic carbocycles. The van der Waals surface area contributed by atoms with Crippen molar-refractivity contribution in [3.05, 3.63) is 24.0 Å². The van der Waals surface area contributed by atoms with Gasteiger partial charge in [-0.05, 0) is 13.0 Å². The largest absolute Gasteiger partial charge is 0.400 e. The van der Waals surface area contributed by atoms with Gasteiger partial charge in [0.25, 0.3) is 0 Å². The van der Waals surface area contributed by atoms with Gasteiger partial charge >= 0.3 is 0 Å². The molecule has 0 saturated heterocycles. The molecular formula is C14H26N2. The van der Waals surface area contributed by atoms with Gasteiger partial charge < -0.3 is 5.73 Å². The molecule has 0 heterocycles. The molecule has 0 rings (SSSR count). The zero-order valence-electron chi connectivity index (χ0n) is 11.8. The van der Waals surface area contributed by atoms with Gasteiger partial charge in [0.1, 0.15) is 0 Å². The minimum absolute atomic E-state index is 0.0254. The smallest absolute Gasteiger partial charge is 0.0464 e. The van der Waals surface area contributed by atoms with Gasteiger partial charge in [-0.3, -0.25) is 4.99 Å². The summed E-state index contributed by atoms with van der Waals surface area (Å²) < 4.78 is 0. The summed E-state index contributed by atoms with van der Waals surface area (Å²) in [4.78, 5) is 4.49. The molecule has 0 unspecified atom stereocenters. The zero-order chi connectivity index (χ0) is 13.0. The standard InChI is InChI=1S/C14H26N2/c1-8-9-12(14(5,6)7)16-10-11(15)13(2,3)4/h8-10H,15H2,1-7H3/b9-8-,11-10-,16-12+. The molecule has 16 heavy (non-hydrogen) atoms. The molecule has 0 atom stereocenters. The topological polar surface area (TPSA) is 38.4 Å². The van der Waals surface area contributed by atoms with Crippen LogP contribution in [0.5, 0.6) is 0 Å². The van der Waals surface area contributed by atoms with E-state index in [0.29, 0.717) is 0 Å². The molecule has 0 aromatic rings. The van der Waals surface area contributed by atoms with Crippen molar-refractivity contribution in [3.63, 3.8) is 0 Å². The number of nitrogens with zero attached hydrogens (tertiary/aromatic N) is 1. The van der Waals surface area contributed by atoms with Gasteiger partial charge in [-0.15, -0.1) is 0 Å². The van der Waals surface area contributed by atoms with E-state index >= 15 is 0 Å². The lowest BCUT2D eigenvalue weighted by atomic mass is 9.89. The summed E-state index contributed by atoms with van der Waals surface area (Å²) in [6.07, 6.45) is 5.82. The van der Waals surface area contributed by atoms with Gasteiger partial charge in [0.15, 0.2) is 0 Å². The quantitative estimate of drug-likeness (QED) is 0.707. The molecule has 92 valence electrons. The van der Waals surface area contributed by atoms with Crippen molar-refractivity contribution in [1.82, 2.24) is 0 Å². The maximum atomic E-state index is 5.97. The Morgan fingerprint density at radius 2 is 1.50 bits per heavy atom. The van der Waals surface area contributed by atoms with Crippen LogP contribution in [0, 0.1) is 10.8 Å². The zero-order valence-corrected chi connectivity index (χ0v) is 11.8. The van der Waals surface area contributed by atoms with Crippen LogP contribution in [0.25, 0.3) is 0 Å². The van der Waals surface area contributed by atoms with E-state index in [1.54, 1.807) is 6.20 Å². The SMILES string of the molecule is C\C=C/C(=N\C=C(/N)C(C)(C)C)C(C)(C)C. The fourth-order valence-corrected chi connectivity index (χ4v) is 0.977. The van der Waals surface area contributed by atoms with Crippen LogP contribution in [-0.2, 0) is 0 Å². The highest BCUT2D eigenvalue weighted by molar-refractivity contribution is 5.99. The Kier molecular flexibility index (Phi) is 4.98. The van der Waals surface area contributed by atoms with Crippen molar-refractivity contribution in [2.45, 2.75) is 48.5 Å².